The molecule has 0 saturated heterocycles. The van der Waals surface area contributed by atoms with E-state index < -0.39 is 11.0 Å². The van der Waals surface area contributed by atoms with Crippen LogP contribution in [0, 0.1) is 5.41 Å². The zero-order valence-electron chi connectivity index (χ0n) is 9.08. The molecule has 0 bridgehead atoms. The lowest BCUT2D eigenvalue weighted by molar-refractivity contribution is -0.135. The molecule has 2 saturated carbocycles. The van der Waals surface area contributed by atoms with E-state index in [0.29, 0.717) is 18.7 Å². The molecule has 2 fully saturated rings. The van der Waals surface area contributed by atoms with Gasteiger partial charge in [-0.25, -0.2) is 0 Å². The average Bonchev–Trinajstić information content (AvgIpc) is 2.93. The molecule has 3 N–H and O–H groups in total. The molecule has 2 amide bonds. The minimum absolute atomic E-state index is 0.195. The van der Waals surface area contributed by atoms with Crippen molar-refractivity contribution in [1.29, 1.82) is 0 Å². The predicted molar refractivity (Wildman–Crippen MR) is 57.6 cm³/mol. The maximum absolute atomic E-state index is 11.8. The van der Waals surface area contributed by atoms with Crippen LogP contribution < -0.4 is 11.1 Å². The van der Waals surface area contributed by atoms with Gasteiger partial charge in [-0.15, -0.1) is 0 Å². The van der Waals surface area contributed by atoms with Crippen LogP contribution in [-0.2, 0) is 9.59 Å². The summed E-state index contributed by atoms with van der Waals surface area (Å²) < 4.78 is 0. The van der Waals surface area contributed by atoms with E-state index in [1.165, 1.54) is 0 Å². The number of amidine groups is 1. The highest BCUT2D eigenvalue weighted by molar-refractivity contribution is 6.22. The fourth-order valence-corrected chi connectivity index (χ4v) is 2.61. The van der Waals surface area contributed by atoms with Crippen LogP contribution in [0.2, 0.25) is 0 Å². The Balaban J connectivity index is 1.93. The Labute approximate surface area is 93.5 Å². The topological polar surface area (TPSA) is 84.5 Å². The Kier molecular flexibility index (Phi) is 1.81. The number of hydrogen-bond acceptors (Lipinski definition) is 3. The molecule has 5 nitrogen and oxygen atoms in total. The molecule has 0 aromatic carbocycles. The van der Waals surface area contributed by atoms with Gasteiger partial charge in [0, 0.05) is 0 Å². The van der Waals surface area contributed by atoms with Crippen LogP contribution in [0.4, 0.5) is 0 Å². The lowest BCUT2D eigenvalue weighted by Gasteiger charge is -2.30. The van der Waals surface area contributed by atoms with Crippen LogP contribution in [0.15, 0.2) is 4.99 Å². The number of aliphatic imine (C=N–C) groups is 1. The quantitative estimate of drug-likeness (QED) is 0.615. The fraction of sp³-hybridized carbons (Fsp3) is 0.727. The van der Waals surface area contributed by atoms with Gasteiger partial charge in [0.1, 0.15) is 11.3 Å². The van der Waals surface area contributed by atoms with Crippen molar-refractivity contribution in [2.24, 2.45) is 16.1 Å². The van der Waals surface area contributed by atoms with E-state index in [-0.39, 0.29) is 11.8 Å². The molecule has 0 radical (unpaired) electrons. The Bertz CT molecular complexity index is 403. The standard InChI is InChI=1S/C11H15N3O2/c12-11(3-1-2-4-11)7-13-8(15)10(5-6-10)9(16)14-7/h1-6,12H2,(H,13,14,15,16). The summed E-state index contributed by atoms with van der Waals surface area (Å²) in [5, 5.41) is 2.75. The average molecular weight is 221 g/mol. The second-order valence-electron chi connectivity index (χ2n) is 5.17. The van der Waals surface area contributed by atoms with Gasteiger partial charge in [-0.1, -0.05) is 12.8 Å². The summed E-state index contributed by atoms with van der Waals surface area (Å²) in [5.74, 6) is -0.0836. The Morgan fingerprint density at radius 3 is 2.25 bits per heavy atom. The van der Waals surface area contributed by atoms with Gasteiger partial charge < -0.3 is 11.1 Å². The molecule has 0 atom stereocenters. The van der Waals surface area contributed by atoms with Crippen molar-refractivity contribution in [2.75, 3.05) is 0 Å². The molecule has 1 spiro atoms. The number of carbonyl (C=O) groups excluding carboxylic acids is 2. The Morgan fingerprint density at radius 1 is 1.12 bits per heavy atom. The largest absolute Gasteiger partial charge is 0.319 e. The summed E-state index contributed by atoms with van der Waals surface area (Å²) in [6.45, 7) is 0. The number of rotatable bonds is 1. The second kappa shape index (κ2) is 2.91. The highest BCUT2D eigenvalue weighted by Gasteiger charge is 2.59. The maximum atomic E-state index is 11.8. The molecular weight excluding hydrogens is 206 g/mol. The molecule has 0 aromatic heterocycles. The van der Waals surface area contributed by atoms with Gasteiger partial charge in [-0.3, -0.25) is 9.59 Å². The monoisotopic (exact) mass is 221 g/mol. The van der Waals surface area contributed by atoms with Crippen molar-refractivity contribution in [3.05, 3.63) is 0 Å². The number of carbonyl (C=O) groups is 2. The van der Waals surface area contributed by atoms with Crippen LogP contribution in [0.25, 0.3) is 0 Å². The molecular formula is C11H15N3O2. The Hall–Kier alpha value is -1.23. The zero-order chi connectivity index (χ0) is 11.4. The van der Waals surface area contributed by atoms with E-state index in [1.807, 2.05) is 0 Å². The fourth-order valence-electron chi connectivity index (χ4n) is 2.61. The third-order valence-corrected chi connectivity index (χ3v) is 4.01. The van der Waals surface area contributed by atoms with E-state index in [0.717, 1.165) is 25.7 Å². The number of amides is 2. The van der Waals surface area contributed by atoms with E-state index in [4.69, 9.17) is 5.73 Å². The van der Waals surface area contributed by atoms with E-state index >= 15 is 0 Å². The molecule has 3 rings (SSSR count). The summed E-state index contributed by atoms with van der Waals surface area (Å²) in [6.07, 6.45) is 4.92. The molecule has 16 heavy (non-hydrogen) atoms. The lowest BCUT2D eigenvalue weighted by Crippen LogP contribution is -2.58. The molecule has 0 unspecified atom stereocenters. The molecule has 5 heteroatoms. The number of nitrogens with one attached hydrogen (secondary N) is 1. The highest BCUT2D eigenvalue weighted by atomic mass is 16.2. The van der Waals surface area contributed by atoms with E-state index in [1.54, 1.807) is 0 Å². The molecule has 1 aliphatic heterocycles. The zero-order valence-corrected chi connectivity index (χ0v) is 9.08. The third-order valence-electron chi connectivity index (χ3n) is 4.01. The van der Waals surface area contributed by atoms with Crippen molar-refractivity contribution >= 4 is 17.6 Å². The number of nitrogens with zero attached hydrogens (tertiary/aromatic N) is 1. The van der Waals surface area contributed by atoms with Crippen LogP contribution in [0.3, 0.4) is 0 Å². The smallest absolute Gasteiger partial charge is 0.263 e. The van der Waals surface area contributed by atoms with Crippen molar-refractivity contribution < 1.29 is 9.59 Å². The van der Waals surface area contributed by atoms with Gasteiger partial charge >= 0.3 is 0 Å². The third kappa shape index (κ3) is 1.18. The van der Waals surface area contributed by atoms with Gasteiger partial charge in [0.05, 0.1) is 5.54 Å². The molecule has 86 valence electrons. The van der Waals surface area contributed by atoms with Gasteiger partial charge in [0.25, 0.3) is 5.91 Å². The second-order valence-corrected chi connectivity index (χ2v) is 5.17. The summed E-state index contributed by atoms with van der Waals surface area (Å²) >= 11 is 0. The van der Waals surface area contributed by atoms with Gasteiger partial charge in [-0.05, 0) is 25.7 Å². The first-order valence-corrected chi connectivity index (χ1v) is 5.81. The highest BCUT2D eigenvalue weighted by Crippen LogP contribution is 2.48. The van der Waals surface area contributed by atoms with Gasteiger partial charge in [0.15, 0.2) is 0 Å². The molecule has 3 aliphatic rings. The van der Waals surface area contributed by atoms with Crippen LogP contribution in [0.5, 0.6) is 0 Å². The van der Waals surface area contributed by atoms with Crippen LogP contribution >= 0.6 is 0 Å². The predicted octanol–water partition coefficient (Wildman–Crippen LogP) is 0.0930. The molecule has 1 heterocycles. The molecule has 0 aromatic rings. The SMILES string of the molecule is NC1(C2=NC(=O)C3(CC3)C(=O)N2)CCCC1. The van der Waals surface area contributed by atoms with Crippen LogP contribution in [-0.4, -0.2) is 23.2 Å². The summed E-state index contributed by atoms with van der Waals surface area (Å²) in [6, 6.07) is 0. The van der Waals surface area contributed by atoms with Crippen molar-refractivity contribution in [3.8, 4) is 0 Å². The first kappa shape index (κ1) is 9.96. The normalized spacial score (nSPS) is 30.2. The lowest BCUT2D eigenvalue weighted by atomic mass is 9.94. The minimum atomic E-state index is -0.821. The van der Waals surface area contributed by atoms with E-state index in [9.17, 15) is 9.59 Å². The first-order chi connectivity index (χ1) is 7.57. The van der Waals surface area contributed by atoms with Crippen molar-refractivity contribution in [1.82, 2.24) is 5.32 Å². The van der Waals surface area contributed by atoms with E-state index in [2.05, 4.69) is 10.3 Å². The maximum Gasteiger partial charge on any atom is 0.263 e. The van der Waals surface area contributed by atoms with Crippen LogP contribution in [0.1, 0.15) is 38.5 Å². The van der Waals surface area contributed by atoms with Crippen molar-refractivity contribution in [3.63, 3.8) is 0 Å². The number of nitrogens with two attached hydrogens (primary N) is 1. The van der Waals surface area contributed by atoms with Crippen molar-refractivity contribution in [2.45, 2.75) is 44.1 Å². The molecule has 2 aliphatic carbocycles. The first-order valence-electron chi connectivity index (χ1n) is 5.81. The minimum Gasteiger partial charge on any atom is -0.319 e. The summed E-state index contributed by atoms with van der Waals surface area (Å²) in [4.78, 5) is 27.6. The van der Waals surface area contributed by atoms with Gasteiger partial charge in [0.2, 0.25) is 5.91 Å². The number of hydrogen-bond donors (Lipinski definition) is 2. The summed E-state index contributed by atoms with van der Waals surface area (Å²) in [5.41, 5.74) is 4.77. The Morgan fingerprint density at radius 2 is 1.75 bits per heavy atom. The summed E-state index contributed by atoms with van der Waals surface area (Å²) in [7, 11) is 0. The van der Waals surface area contributed by atoms with Gasteiger partial charge in [-0.2, -0.15) is 4.99 Å².